The van der Waals surface area contributed by atoms with E-state index in [0.29, 0.717) is 0 Å². The first kappa shape index (κ1) is 6.03. The van der Waals surface area contributed by atoms with Gasteiger partial charge in [-0.2, -0.15) is 0 Å². The molecule has 0 amide bonds. The average molecular weight is 104 g/mol. The molecule has 0 N–H and O–H groups in total. The van der Waals surface area contributed by atoms with Gasteiger partial charge in [-0.05, 0) is 12.8 Å². The van der Waals surface area contributed by atoms with Crippen molar-refractivity contribution in [3.05, 3.63) is 18.5 Å². The van der Waals surface area contributed by atoms with Gasteiger partial charge in [0.15, 0.2) is 0 Å². The minimum absolute atomic E-state index is 0.934. The molecule has 6 heavy (non-hydrogen) atoms. The minimum atomic E-state index is 0.934. The van der Waals surface area contributed by atoms with Gasteiger partial charge >= 0.3 is 0 Å². The van der Waals surface area contributed by atoms with Crippen LogP contribution in [0.1, 0.15) is 12.8 Å². The Labute approximate surface area is 43.8 Å². The van der Waals surface area contributed by atoms with Crippen LogP contribution in [0.25, 0.3) is 0 Å². The summed E-state index contributed by atoms with van der Waals surface area (Å²) >= 11 is 5.17. The molecule has 0 aliphatic carbocycles. The molecule has 0 fully saturated rings. The lowest BCUT2D eigenvalue weighted by Gasteiger charge is -1.75. The summed E-state index contributed by atoms with van der Waals surface area (Å²) in [7, 11) is 0. The first-order chi connectivity index (χ1) is 2.91. The van der Waals surface area contributed by atoms with Crippen molar-refractivity contribution in [2.45, 2.75) is 12.8 Å². The molecule has 0 saturated carbocycles. The van der Waals surface area contributed by atoms with Crippen molar-refractivity contribution >= 4 is 11.6 Å². The highest BCUT2D eigenvalue weighted by atomic mass is 35.5. The SMILES string of the molecule is [CH2]CCC=CCl. The van der Waals surface area contributed by atoms with Crippen molar-refractivity contribution in [1.29, 1.82) is 0 Å². The van der Waals surface area contributed by atoms with Crippen LogP contribution in [-0.2, 0) is 0 Å². The van der Waals surface area contributed by atoms with E-state index in [4.69, 9.17) is 11.6 Å². The van der Waals surface area contributed by atoms with E-state index in [9.17, 15) is 0 Å². The number of hydrogen-bond acceptors (Lipinski definition) is 0. The summed E-state index contributed by atoms with van der Waals surface area (Å²) in [4.78, 5) is 0. The maximum atomic E-state index is 5.17. The van der Waals surface area contributed by atoms with Gasteiger partial charge in [0.05, 0.1) is 0 Å². The average Bonchev–Trinajstić information content (AvgIpc) is 1.61. The molecule has 0 bridgehead atoms. The Balaban J connectivity index is 2.66. The highest BCUT2D eigenvalue weighted by molar-refractivity contribution is 6.25. The van der Waals surface area contributed by atoms with Gasteiger partial charge in [-0.1, -0.05) is 24.6 Å². The zero-order valence-electron chi connectivity index (χ0n) is 3.65. The lowest BCUT2D eigenvalue weighted by molar-refractivity contribution is 1.05. The molecule has 0 aromatic rings. The third-order valence-electron chi connectivity index (χ3n) is 0.460. The quantitative estimate of drug-likeness (QED) is 0.503. The van der Waals surface area contributed by atoms with Crippen molar-refractivity contribution in [1.82, 2.24) is 0 Å². The summed E-state index contributed by atoms with van der Waals surface area (Å²) in [5.74, 6) is 0. The Bertz CT molecular complexity index is 39.2. The molecule has 0 spiro atoms. The Kier molecular flexibility index (Phi) is 5.06. The van der Waals surface area contributed by atoms with E-state index in [2.05, 4.69) is 6.92 Å². The topological polar surface area (TPSA) is 0 Å². The second-order valence-electron chi connectivity index (χ2n) is 1.00. The summed E-state index contributed by atoms with van der Waals surface area (Å²) in [5.41, 5.74) is 1.52. The molecule has 35 valence electrons. The van der Waals surface area contributed by atoms with Gasteiger partial charge in [-0.3, -0.25) is 0 Å². The van der Waals surface area contributed by atoms with Gasteiger partial charge in [0, 0.05) is 5.54 Å². The molecule has 0 nitrogen and oxygen atoms in total. The second kappa shape index (κ2) is 5.03. The molecule has 0 heterocycles. The zero-order chi connectivity index (χ0) is 4.83. The zero-order valence-corrected chi connectivity index (χ0v) is 4.41. The molecule has 0 aromatic carbocycles. The number of hydrogen-bond donors (Lipinski definition) is 0. The maximum Gasteiger partial charge on any atom is 0.000245 e. The van der Waals surface area contributed by atoms with E-state index in [1.54, 1.807) is 0 Å². The molecule has 0 aliphatic rings. The van der Waals surface area contributed by atoms with Gasteiger partial charge in [-0.15, -0.1) is 0 Å². The Morgan fingerprint density at radius 3 is 2.50 bits per heavy atom. The van der Waals surface area contributed by atoms with E-state index in [1.807, 2.05) is 6.08 Å². The molecule has 0 atom stereocenters. The summed E-state index contributed by atoms with van der Waals surface area (Å²) < 4.78 is 0. The number of rotatable bonds is 2. The van der Waals surface area contributed by atoms with Gasteiger partial charge in [0.2, 0.25) is 0 Å². The predicted molar refractivity (Wildman–Crippen MR) is 29.6 cm³/mol. The highest BCUT2D eigenvalue weighted by Gasteiger charge is 1.66. The molecule has 0 aromatic heterocycles. The molecule has 1 heteroatoms. The molecule has 0 unspecified atom stereocenters. The minimum Gasteiger partial charge on any atom is -0.0933 e. The van der Waals surface area contributed by atoms with E-state index < -0.39 is 0 Å². The predicted octanol–water partition coefficient (Wildman–Crippen LogP) is 2.35. The van der Waals surface area contributed by atoms with E-state index in [-0.39, 0.29) is 0 Å². The van der Waals surface area contributed by atoms with Crippen LogP contribution in [0.5, 0.6) is 0 Å². The standard InChI is InChI=1S/C5H8Cl/c1-2-3-4-5-6/h4-5H,1-3H2. The lowest BCUT2D eigenvalue weighted by atomic mass is 10.3. The van der Waals surface area contributed by atoms with Crippen LogP contribution in [0.2, 0.25) is 0 Å². The molecular weight excluding hydrogens is 95.5 g/mol. The number of halogens is 1. The van der Waals surface area contributed by atoms with Crippen molar-refractivity contribution in [3.8, 4) is 0 Å². The van der Waals surface area contributed by atoms with Crippen molar-refractivity contribution in [3.63, 3.8) is 0 Å². The van der Waals surface area contributed by atoms with Crippen molar-refractivity contribution in [2.75, 3.05) is 0 Å². The van der Waals surface area contributed by atoms with Crippen LogP contribution in [0.3, 0.4) is 0 Å². The summed E-state index contributed by atoms with van der Waals surface area (Å²) in [6.07, 6.45) is 3.81. The van der Waals surface area contributed by atoms with Gasteiger partial charge in [0.1, 0.15) is 0 Å². The Morgan fingerprint density at radius 2 is 2.33 bits per heavy atom. The molecule has 0 rings (SSSR count). The fourth-order valence-electron chi connectivity index (χ4n) is 0.181. The van der Waals surface area contributed by atoms with Crippen molar-refractivity contribution < 1.29 is 0 Å². The lowest BCUT2D eigenvalue weighted by Crippen LogP contribution is -1.55. The largest absolute Gasteiger partial charge is 0.0933 e. The fourth-order valence-corrected chi connectivity index (χ4v) is 0.307. The maximum absolute atomic E-state index is 5.17. The third kappa shape index (κ3) is 4.03. The first-order valence-electron chi connectivity index (χ1n) is 1.96. The fraction of sp³-hybridized carbons (Fsp3) is 0.400. The highest BCUT2D eigenvalue weighted by Crippen LogP contribution is 1.88. The van der Waals surface area contributed by atoms with Crippen LogP contribution in [-0.4, -0.2) is 0 Å². The summed E-state index contributed by atoms with van der Waals surface area (Å²) in [5, 5.41) is 0. The second-order valence-corrected chi connectivity index (χ2v) is 1.26. The monoisotopic (exact) mass is 103 g/mol. The summed E-state index contributed by atoms with van der Waals surface area (Å²) in [6.45, 7) is 3.61. The van der Waals surface area contributed by atoms with E-state index >= 15 is 0 Å². The molecule has 1 radical (unpaired) electrons. The molecule has 0 saturated heterocycles. The van der Waals surface area contributed by atoms with Crippen molar-refractivity contribution in [2.24, 2.45) is 0 Å². The Hall–Kier alpha value is 0.0300. The first-order valence-corrected chi connectivity index (χ1v) is 2.40. The normalized spacial score (nSPS) is 10.3. The van der Waals surface area contributed by atoms with Gasteiger partial charge in [-0.25, -0.2) is 0 Å². The van der Waals surface area contributed by atoms with E-state index in [1.165, 1.54) is 5.54 Å². The van der Waals surface area contributed by atoms with Gasteiger partial charge in [0.25, 0.3) is 0 Å². The van der Waals surface area contributed by atoms with E-state index in [0.717, 1.165) is 12.8 Å². The van der Waals surface area contributed by atoms with Crippen LogP contribution in [0, 0.1) is 6.92 Å². The number of allylic oxidation sites excluding steroid dienone is 1. The third-order valence-corrected chi connectivity index (χ3v) is 0.638. The molecule has 0 aliphatic heterocycles. The van der Waals surface area contributed by atoms with Crippen LogP contribution in [0.4, 0.5) is 0 Å². The van der Waals surface area contributed by atoms with Gasteiger partial charge < -0.3 is 0 Å². The molecular formula is C5H8Cl. The number of unbranched alkanes of at least 4 members (excludes halogenated alkanes) is 1. The van der Waals surface area contributed by atoms with Crippen LogP contribution >= 0.6 is 11.6 Å². The summed E-state index contributed by atoms with van der Waals surface area (Å²) in [6, 6.07) is 0. The smallest absolute Gasteiger partial charge is 0.000245 e. The van der Waals surface area contributed by atoms with Crippen LogP contribution in [0.15, 0.2) is 11.6 Å². The van der Waals surface area contributed by atoms with Crippen LogP contribution < -0.4 is 0 Å². The Morgan fingerprint density at radius 1 is 1.67 bits per heavy atom.